The number of nitrogens with zero attached hydrogens (tertiary/aromatic N) is 2. The lowest BCUT2D eigenvalue weighted by atomic mass is 9.97. The van der Waals surface area contributed by atoms with Gasteiger partial charge in [0, 0.05) is 23.8 Å². The van der Waals surface area contributed by atoms with Crippen LogP contribution in [0.1, 0.15) is 35.9 Å². The fourth-order valence-electron chi connectivity index (χ4n) is 4.24. The van der Waals surface area contributed by atoms with Crippen LogP contribution < -0.4 is 15.4 Å². The zero-order valence-electron chi connectivity index (χ0n) is 19.6. The lowest BCUT2D eigenvalue weighted by Gasteiger charge is -2.34. The topological polar surface area (TPSA) is 66.5 Å². The molecule has 0 spiro atoms. The predicted octanol–water partition coefficient (Wildman–Crippen LogP) is 6.18. The third-order valence-electron chi connectivity index (χ3n) is 6.32. The molecule has 1 aliphatic carbocycles. The maximum Gasteiger partial charge on any atom is 0.261 e. The number of piperidine rings is 1. The molecule has 1 aromatic carbocycles. The summed E-state index contributed by atoms with van der Waals surface area (Å²) in [5.74, 6) is 1.57. The Morgan fingerprint density at radius 1 is 1.23 bits per heavy atom. The summed E-state index contributed by atoms with van der Waals surface area (Å²) in [5, 5.41) is 7.96. The summed E-state index contributed by atoms with van der Waals surface area (Å²) >= 11 is 8.87. The molecule has 1 saturated heterocycles. The summed E-state index contributed by atoms with van der Waals surface area (Å²) in [6.07, 6.45) is 9.87. The van der Waals surface area contributed by atoms with Crippen LogP contribution in [0.4, 0.5) is 5.13 Å². The van der Waals surface area contributed by atoms with E-state index in [4.69, 9.17) is 16.3 Å². The molecule has 0 saturated carbocycles. The van der Waals surface area contributed by atoms with Crippen LogP contribution in [-0.4, -0.2) is 48.1 Å². The first kappa shape index (κ1) is 24.2. The molecule has 2 aromatic heterocycles. The van der Waals surface area contributed by atoms with Gasteiger partial charge in [-0.05, 0) is 61.6 Å². The number of thiazole rings is 1. The number of benzene rings is 1. The minimum absolute atomic E-state index is 0.0286. The number of amides is 1. The van der Waals surface area contributed by atoms with E-state index < -0.39 is 0 Å². The number of hydrogen-bond donors (Lipinski definition) is 2. The van der Waals surface area contributed by atoms with E-state index in [1.165, 1.54) is 29.9 Å². The Morgan fingerprint density at radius 3 is 2.74 bits per heavy atom. The van der Waals surface area contributed by atoms with Gasteiger partial charge in [0.2, 0.25) is 0 Å². The van der Waals surface area contributed by atoms with Gasteiger partial charge < -0.3 is 20.3 Å². The van der Waals surface area contributed by atoms with Crippen molar-refractivity contribution in [1.29, 1.82) is 0 Å². The Balaban J connectivity index is 1.08. The number of halogens is 1. The molecule has 2 aliphatic rings. The zero-order valence-corrected chi connectivity index (χ0v) is 22.0. The Kier molecular flexibility index (Phi) is 7.60. The summed E-state index contributed by atoms with van der Waals surface area (Å²) in [4.78, 5) is 21.5. The van der Waals surface area contributed by atoms with Crippen LogP contribution in [0.5, 0.6) is 5.75 Å². The molecule has 184 valence electrons. The molecule has 9 heteroatoms. The second-order valence-corrected chi connectivity index (χ2v) is 11.5. The monoisotopic (exact) mass is 528 g/mol. The van der Waals surface area contributed by atoms with E-state index in [1.807, 2.05) is 30.3 Å². The van der Waals surface area contributed by atoms with Crippen LogP contribution >= 0.6 is 34.3 Å². The minimum atomic E-state index is -0.0376. The third kappa shape index (κ3) is 6.18. The fourth-order valence-corrected chi connectivity index (χ4v) is 6.41. The van der Waals surface area contributed by atoms with Gasteiger partial charge in [-0.1, -0.05) is 42.0 Å². The number of likely N-dealkylation sites (tertiary alicyclic amines) is 1. The van der Waals surface area contributed by atoms with Crippen molar-refractivity contribution in [3.05, 3.63) is 64.2 Å². The van der Waals surface area contributed by atoms with E-state index >= 15 is 0 Å². The SMILES string of the molecule is CC1CCN(C2=CCC(NC(=O)c3cc4sc(NCCOc5ccc(Cl)cc5)nc4s3)C=C2)CC1. The standard InChI is InChI=1S/C26H29ClN4O2S2/c1-17-10-13-31(14-11-17)20-6-4-19(5-7-20)29-24(32)22-16-23-25(34-22)30-26(35-23)28-12-15-33-21-8-2-18(27)3-9-21/h2-4,6-9,16-17,19H,5,10-15H2,1H3,(H,28,30)(H,29,32). The second-order valence-electron chi connectivity index (χ2n) is 9.00. The highest BCUT2D eigenvalue weighted by Gasteiger charge is 2.21. The van der Waals surface area contributed by atoms with Crippen LogP contribution in [0.2, 0.25) is 5.02 Å². The van der Waals surface area contributed by atoms with Crippen molar-refractivity contribution >= 4 is 54.8 Å². The highest BCUT2D eigenvalue weighted by molar-refractivity contribution is 7.29. The number of fused-ring (bicyclic) bond motifs is 1. The maximum absolute atomic E-state index is 12.8. The van der Waals surface area contributed by atoms with Gasteiger partial charge in [0.05, 0.1) is 22.2 Å². The van der Waals surface area contributed by atoms with E-state index in [-0.39, 0.29) is 11.9 Å². The zero-order chi connectivity index (χ0) is 24.2. The number of anilines is 1. The van der Waals surface area contributed by atoms with Crippen molar-refractivity contribution in [1.82, 2.24) is 15.2 Å². The van der Waals surface area contributed by atoms with Crippen LogP contribution in [-0.2, 0) is 0 Å². The molecule has 2 N–H and O–H groups in total. The van der Waals surface area contributed by atoms with Gasteiger partial charge in [-0.3, -0.25) is 4.79 Å². The lowest BCUT2D eigenvalue weighted by molar-refractivity contribution is 0.0948. The number of thiophene rings is 1. The first-order valence-corrected chi connectivity index (χ1v) is 14.0. The molecule has 3 heterocycles. The summed E-state index contributed by atoms with van der Waals surface area (Å²) in [5.41, 5.74) is 1.29. The highest BCUT2D eigenvalue weighted by atomic mass is 35.5. The van der Waals surface area contributed by atoms with Gasteiger partial charge in [0.25, 0.3) is 5.91 Å². The molecule has 1 atom stereocenters. The normalized spacial score (nSPS) is 18.5. The van der Waals surface area contributed by atoms with Crippen LogP contribution in [0.15, 0.2) is 54.3 Å². The number of allylic oxidation sites excluding steroid dienone is 1. The first-order chi connectivity index (χ1) is 17.0. The number of rotatable bonds is 8. The summed E-state index contributed by atoms with van der Waals surface area (Å²) in [6.45, 7) is 5.73. The van der Waals surface area contributed by atoms with E-state index in [1.54, 1.807) is 11.3 Å². The van der Waals surface area contributed by atoms with Crippen molar-refractivity contribution < 1.29 is 9.53 Å². The quantitative estimate of drug-likeness (QED) is 0.342. The third-order valence-corrected chi connectivity index (χ3v) is 8.69. The van der Waals surface area contributed by atoms with Gasteiger partial charge in [0.1, 0.15) is 17.2 Å². The number of nitrogens with one attached hydrogen (secondary N) is 2. The molecule has 1 unspecified atom stereocenters. The molecule has 35 heavy (non-hydrogen) atoms. The molecule has 1 aliphatic heterocycles. The van der Waals surface area contributed by atoms with Gasteiger partial charge in [-0.25, -0.2) is 4.98 Å². The molecule has 0 bridgehead atoms. The Morgan fingerprint density at radius 2 is 2.03 bits per heavy atom. The van der Waals surface area contributed by atoms with Crippen molar-refractivity contribution in [3.63, 3.8) is 0 Å². The highest BCUT2D eigenvalue weighted by Crippen LogP contribution is 2.33. The van der Waals surface area contributed by atoms with Crippen molar-refractivity contribution in [2.75, 3.05) is 31.6 Å². The second kappa shape index (κ2) is 11.0. The Hall–Kier alpha value is -2.55. The number of ether oxygens (including phenoxy) is 1. The van der Waals surface area contributed by atoms with Crippen molar-refractivity contribution in [3.8, 4) is 5.75 Å². The largest absolute Gasteiger partial charge is 0.492 e. The molecule has 5 rings (SSSR count). The fraction of sp³-hybridized carbons (Fsp3) is 0.385. The van der Waals surface area contributed by atoms with Crippen LogP contribution in [0.3, 0.4) is 0 Å². The van der Waals surface area contributed by atoms with Crippen LogP contribution in [0.25, 0.3) is 9.53 Å². The van der Waals surface area contributed by atoms with Crippen LogP contribution in [0, 0.1) is 5.92 Å². The van der Waals surface area contributed by atoms with E-state index in [0.717, 1.165) is 45.8 Å². The van der Waals surface area contributed by atoms with E-state index in [9.17, 15) is 4.79 Å². The number of carbonyl (C=O) groups excluding carboxylic acids is 1. The summed E-state index contributed by atoms with van der Waals surface area (Å²) in [6, 6.07) is 9.28. The smallest absolute Gasteiger partial charge is 0.261 e. The average Bonchev–Trinajstić information content (AvgIpc) is 3.43. The minimum Gasteiger partial charge on any atom is -0.492 e. The van der Waals surface area contributed by atoms with Gasteiger partial charge in [0.15, 0.2) is 5.13 Å². The Bertz CT molecular complexity index is 1190. The van der Waals surface area contributed by atoms with E-state index in [0.29, 0.717) is 23.1 Å². The molecule has 1 fully saturated rings. The van der Waals surface area contributed by atoms with Gasteiger partial charge in [-0.2, -0.15) is 0 Å². The maximum atomic E-state index is 12.8. The van der Waals surface area contributed by atoms with Crippen molar-refractivity contribution in [2.24, 2.45) is 5.92 Å². The molecular weight excluding hydrogens is 500 g/mol. The van der Waals surface area contributed by atoms with E-state index in [2.05, 4.69) is 45.7 Å². The van der Waals surface area contributed by atoms with Gasteiger partial charge in [-0.15, -0.1) is 11.3 Å². The number of aromatic nitrogens is 1. The summed E-state index contributed by atoms with van der Waals surface area (Å²) < 4.78 is 6.72. The first-order valence-electron chi connectivity index (χ1n) is 12.0. The average molecular weight is 529 g/mol. The number of carbonyl (C=O) groups is 1. The lowest BCUT2D eigenvalue weighted by Crippen LogP contribution is -2.36. The molecule has 1 amide bonds. The molecule has 3 aromatic rings. The Labute approximate surface area is 218 Å². The predicted molar refractivity (Wildman–Crippen MR) is 146 cm³/mol. The number of hydrogen-bond acceptors (Lipinski definition) is 7. The molecular formula is C26H29ClN4O2S2. The molecule has 0 radical (unpaired) electrons. The summed E-state index contributed by atoms with van der Waals surface area (Å²) in [7, 11) is 0. The van der Waals surface area contributed by atoms with Gasteiger partial charge >= 0.3 is 0 Å². The van der Waals surface area contributed by atoms with Crippen molar-refractivity contribution in [2.45, 2.75) is 32.2 Å². The molecule has 6 nitrogen and oxygen atoms in total.